The van der Waals surface area contributed by atoms with Crippen molar-refractivity contribution in [2.24, 2.45) is 0 Å². The van der Waals surface area contributed by atoms with Gasteiger partial charge in [0, 0.05) is 12.1 Å². The number of piperidine rings is 1. The Hall–Kier alpha value is -0.220. The first-order valence-corrected chi connectivity index (χ1v) is 7.23. The molecule has 92 valence electrons. The summed E-state index contributed by atoms with van der Waals surface area (Å²) in [6.07, 6.45) is 3.56. The fourth-order valence-corrected chi connectivity index (χ4v) is 3.49. The van der Waals surface area contributed by atoms with Gasteiger partial charge in [-0.3, -0.25) is 4.79 Å². The molecule has 0 aliphatic carbocycles. The van der Waals surface area contributed by atoms with E-state index >= 15 is 0 Å². The number of thioether (sulfide) groups is 1. The molecule has 0 spiro atoms. The minimum Gasteiger partial charge on any atom is -0.393 e. The molecule has 0 saturated carbocycles. The van der Waals surface area contributed by atoms with Gasteiger partial charge in [0.15, 0.2) is 0 Å². The van der Waals surface area contributed by atoms with E-state index in [2.05, 4.69) is 18.7 Å². The third-order valence-corrected chi connectivity index (χ3v) is 4.62. The average molecular weight is 243 g/mol. The Morgan fingerprint density at radius 3 is 2.44 bits per heavy atom. The summed E-state index contributed by atoms with van der Waals surface area (Å²) in [5.41, 5.74) is 0. The molecule has 2 rings (SSSR count). The maximum absolute atomic E-state index is 12.1. The van der Waals surface area contributed by atoms with Crippen LogP contribution in [0.1, 0.15) is 39.5 Å². The highest BCUT2D eigenvalue weighted by atomic mass is 32.2. The molecule has 0 aromatic rings. The molecule has 2 atom stereocenters. The Labute approximate surface area is 102 Å². The zero-order valence-corrected chi connectivity index (χ0v) is 10.9. The van der Waals surface area contributed by atoms with Crippen molar-refractivity contribution in [2.45, 2.75) is 63.0 Å². The van der Waals surface area contributed by atoms with Crippen molar-refractivity contribution < 1.29 is 9.90 Å². The largest absolute Gasteiger partial charge is 0.393 e. The Balaban J connectivity index is 1.92. The van der Waals surface area contributed by atoms with Crippen LogP contribution in [-0.2, 0) is 4.79 Å². The van der Waals surface area contributed by atoms with E-state index in [-0.39, 0.29) is 12.0 Å². The van der Waals surface area contributed by atoms with E-state index in [1.54, 1.807) is 11.8 Å². The molecule has 16 heavy (non-hydrogen) atoms. The minimum absolute atomic E-state index is 0.181. The van der Waals surface area contributed by atoms with Crippen LogP contribution in [0, 0.1) is 0 Å². The summed E-state index contributed by atoms with van der Waals surface area (Å²) in [7, 11) is 0. The second kappa shape index (κ2) is 4.96. The number of carbonyl (C=O) groups excluding carboxylic acids is 1. The van der Waals surface area contributed by atoms with Crippen LogP contribution in [0.15, 0.2) is 0 Å². The zero-order chi connectivity index (χ0) is 11.7. The maximum Gasteiger partial charge on any atom is 0.233 e. The van der Waals surface area contributed by atoms with Crippen LogP contribution in [0.4, 0.5) is 0 Å². The lowest BCUT2D eigenvalue weighted by atomic mass is 10.00. The predicted octanol–water partition coefficient (Wildman–Crippen LogP) is 1.64. The number of aliphatic hydroxyl groups is 1. The number of hydrogen-bond donors (Lipinski definition) is 1. The van der Waals surface area contributed by atoms with E-state index in [4.69, 9.17) is 0 Å². The fourth-order valence-electron chi connectivity index (χ4n) is 2.87. The van der Waals surface area contributed by atoms with Crippen LogP contribution < -0.4 is 0 Å². The number of carbonyl (C=O) groups is 1. The summed E-state index contributed by atoms with van der Waals surface area (Å²) in [6, 6.07) is 0.628. The monoisotopic (exact) mass is 243 g/mol. The van der Waals surface area contributed by atoms with E-state index < -0.39 is 0 Å². The number of rotatable bonds is 3. The van der Waals surface area contributed by atoms with Crippen molar-refractivity contribution in [3.63, 3.8) is 0 Å². The molecule has 0 radical (unpaired) electrons. The first kappa shape index (κ1) is 12.2. The van der Waals surface area contributed by atoms with Crippen LogP contribution in [0.5, 0.6) is 0 Å². The van der Waals surface area contributed by atoms with Gasteiger partial charge in [-0.2, -0.15) is 0 Å². The van der Waals surface area contributed by atoms with Gasteiger partial charge < -0.3 is 10.0 Å². The molecule has 1 N–H and O–H groups in total. The Bertz CT molecular complexity index is 256. The smallest absolute Gasteiger partial charge is 0.233 e. The maximum atomic E-state index is 12.1. The number of hydrogen-bond acceptors (Lipinski definition) is 3. The van der Waals surface area contributed by atoms with E-state index in [9.17, 15) is 9.90 Å². The van der Waals surface area contributed by atoms with Crippen LogP contribution in [0.2, 0.25) is 0 Å². The lowest BCUT2D eigenvalue weighted by Crippen LogP contribution is -2.48. The van der Waals surface area contributed by atoms with Crippen molar-refractivity contribution in [1.29, 1.82) is 0 Å². The van der Waals surface area contributed by atoms with Crippen LogP contribution in [-0.4, -0.2) is 45.1 Å². The van der Waals surface area contributed by atoms with E-state index in [1.807, 2.05) is 0 Å². The molecule has 1 amide bonds. The number of aliphatic hydroxyl groups excluding tert-OH is 1. The SMILES string of the molecule is CC(C)SCC(=O)N1C2CCC1CC(O)C2. The summed E-state index contributed by atoms with van der Waals surface area (Å²) in [5, 5.41) is 10.2. The average Bonchev–Trinajstić information content (AvgIpc) is 2.48. The number of amides is 1. The summed E-state index contributed by atoms with van der Waals surface area (Å²) < 4.78 is 0. The predicted molar refractivity (Wildman–Crippen MR) is 66.5 cm³/mol. The van der Waals surface area contributed by atoms with Gasteiger partial charge in [0.05, 0.1) is 11.9 Å². The van der Waals surface area contributed by atoms with Gasteiger partial charge in [-0.1, -0.05) is 13.8 Å². The summed E-state index contributed by atoms with van der Waals surface area (Å²) >= 11 is 1.71. The highest BCUT2D eigenvalue weighted by Crippen LogP contribution is 2.36. The lowest BCUT2D eigenvalue weighted by molar-refractivity contribution is -0.134. The van der Waals surface area contributed by atoms with Gasteiger partial charge in [0.2, 0.25) is 5.91 Å². The molecule has 2 aliphatic heterocycles. The van der Waals surface area contributed by atoms with Crippen molar-refractivity contribution >= 4 is 17.7 Å². The van der Waals surface area contributed by atoms with E-state index in [0.717, 1.165) is 25.7 Å². The van der Waals surface area contributed by atoms with E-state index in [0.29, 0.717) is 23.1 Å². The standard InChI is InChI=1S/C12H21NO2S/c1-8(2)16-7-12(15)13-9-3-4-10(13)6-11(14)5-9/h8-11,14H,3-7H2,1-2H3. The fraction of sp³-hybridized carbons (Fsp3) is 0.917. The van der Waals surface area contributed by atoms with Gasteiger partial charge in [0.1, 0.15) is 0 Å². The van der Waals surface area contributed by atoms with Gasteiger partial charge in [-0.25, -0.2) is 0 Å². The van der Waals surface area contributed by atoms with Gasteiger partial charge in [-0.05, 0) is 30.9 Å². The van der Waals surface area contributed by atoms with E-state index in [1.165, 1.54) is 0 Å². The van der Waals surface area contributed by atoms with Crippen LogP contribution in [0.25, 0.3) is 0 Å². The van der Waals surface area contributed by atoms with Crippen LogP contribution in [0.3, 0.4) is 0 Å². The second-order valence-corrected chi connectivity index (χ2v) is 6.74. The van der Waals surface area contributed by atoms with Gasteiger partial charge in [0.25, 0.3) is 0 Å². The normalized spacial score (nSPS) is 33.5. The quantitative estimate of drug-likeness (QED) is 0.819. The molecule has 2 heterocycles. The Morgan fingerprint density at radius 1 is 1.38 bits per heavy atom. The number of fused-ring (bicyclic) bond motifs is 2. The van der Waals surface area contributed by atoms with Crippen molar-refractivity contribution in [3.8, 4) is 0 Å². The van der Waals surface area contributed by atoms with Crippen molar-refractivity contribution in [2.75, 3.05) is 5.75 Å². The molecule has 2 saturated heterocycles. The van der Waals surface area contributed by atoms with Crippen molar-refractivity contribution in [3.05, 3.63) is 0 Å². The van der Waals surface area contributed by atoms with Gasteiger partial charge >= 0.3 is 0 Å². The molecule has 2 unspecified atom stereocenters. The zero-order valence-electron chi connectivity index (χ0n) is 10.1. The molecule has 2 aliphatic rings. The Morgan fingerprint density at radius 2 is 1.94 bits per heavy atom. The summed E-state index contributed by atoms with van der Waals surface area (Å²) in [6.45, 7) is 4.24. The second-order valence-electron chi connectivity index (χ2n) is 5.17. The molecular weight excluding hydrogens is 222 g/mol. The Kier molecular flexibility index (Phi) is 3.80. The summed E-state index contributed by atoms with van der Waals surface area (Å²) in [5.74, 6) is 0.874. The highest BCUT2D eigenvalue weighted by molar-refractivity contribution is 8.00. The topological polar surface area (TPSA) is 40.5 Å². The first-order chi connectivity index (χ1) is 7.58. The van der Waals surface area contributed by atoms with Crippen molar-refractivity contribution in [1.82, 2.24) is 4.90 Å². The minimum atomic E-state index is -0.181. The molecular formula is C12H21NO2S. The lowest BCUT2D eigenvalue weighted by Gasteiger charge is -2.37. The molecule has 0 aromatic carbocycles. The summed E-state index contributed by atoms with van der Waals surface area (Å²) in [4.78, 5) is 14.2. The highest BCUT2D eigenvalue weighted by Gasteiger charge is 2.42. The third-order valence-electron chi connectivity index (χ3n) is 3.54. The molecule has 2 bridgehead atoms. The van der Waals surface area contributed by atoms with Gasteiger partial charge in [-0.15, -0.1) is 11.8 Å². The van der Waals surface area contributed by atoms with Crippen LogP contribution >= 0.6 is 11.8 Å². The third kappa shape index (κ3) is 2.54. The molecule has 0 aromatic heterocycles. The molecule has 3 nitrogen and oxygen atoms in total. The number of nitrogens with zero attached hydrogens (tertiary/aromatic N) is 1. The molecule has 4 heteroatoms. The first-order valence-electron chi connectivity index (χ1n) is 6.18. The molecule has 2 fully saturated rings.